The van der Waals surface area contributed by atoms with Crippen molar-refractivity contribution in [2.45, 2.75) is 91.6 Å². The van der Waals surface area contributed by atoms with E-state index in [4.69, 9.17) is 0 Å². The molecule has 2 aliphatic rings. The van der Waals surface area contributed by atoms with Crippen molar-refractivity contribution < 1.29 is 9.59 Å². The summed E-state index contributed by atoms with van der Waals surface area (Å²) in [6.45, 7) is 14.1. The van der Waals surface area contributed by atoms with Crippen LogP contribution in [0, 0.1) is 17.8 Å². The fourth-order valence-electron chi connectivity index (χ4n) is 4.66. The number of nitrogens with one attached hydrogen (secondary N) is 1. The molecular formula is C23H43N3O2. The van der Waals surface area contributed by atoms with Crippen molar-refractivity contribution in [2.24, 2.45) is 17.8 Å². The van der Waals surface area contributed by atoms with Crippen molar-refractivity contribution in [1.29, 1.82) is 0 Å². The zero-order valence-electron chi connectivity index (χ0n) is 18.9. The Hall–Kier alpha value is -1.10. The van der Waals surface area contributed by atoms with Gasteiger partial charge < -0.3 is 15.1 Å². The highest BCUT2D eigenvalue weighted by molar-refractivity contribution is 5.90. The number of hydrogen-bond acceptors (Lipinski definition) is 3. The summed E-state index contributed by atoms with van der Waals surface area (Å²) in [7, 11) is 0. The number of amides is 2. The summed E-state index contributed by atoms with van der Waals surface area (Å²) >= 11 is 0. The molecule has 0 radical (unpaired) electrons. The number of nitrogens with zero attached hydrogens (tertiary/aromatic N) is 2. The Balaban J connectivity index is 2.05. The van der Waals surface area contributed by atoms with Gasteiger partial charge in [0.15, 0.2) is 0 Å². The summed E-state index contributed by atoms with van der Waals surface area (Å²) in [5.41, 5.74) is 0. The van der Waals surface area contributed by atoms with Crippen molar-refractivity contribution in [3.63, 3.8) is 0 Å². The van der Waals surface area contributed by atoms with Crippen LogP contribution in [0.3, 0.4) is 0 Å². The van der Waals surface area contributed by atoms with Gasteiger partial charge >= 0.3 is 0 Å². The van der Waals surface area contributed by atoms with Crippen molar-refractivity contribution in [1.82, 2.24) is 15.1 Å². The predicted molar refractivity (Wildman–Crippen MR) is 115 cm³/mol. The summed E-state index contributed by atoms with van der Waals surface area (Å²) in [4.78, 5) is 30.5. The topological polar surface area (TPSA) is 52.7 Å². The molecule has 2 atom stereocenters. The first-order chi connectivity index (χ1) is 13.3. The zero-order chi connectivity index (χ0) is 20.7. The van der Waals surface area contributed by atoms with Crippen LogP contribution in [-0.4, -0.2) is 59.9 Å². The third-order valence-corrected chi connectivity index (χ3v) is 6.34. The molecule has 2 rings (SSSR count). The molecule has 5 heteroatoms. The van der Waals surface area contributed by atoms with E-state index in [1.807, 2.05) is 9.80 Å². The molecule has 28 heavy (non-hydrogen) atoms. The lowest BCUT2D eigenvalue weighted by molar-refractivity contribution is -0.150. The zero-order valence-corrected chi connectivity index (χ0v) is 18.9. The lowest BCUT2D eigenvalue weighted by Crippen LogP contribution is -2.62. The smallest absolute Gasteiger partial charge is 0.245 e. The van der Waals surface area contributed by atoms with Gasteiger partial charge in [-0.2, -0.15) is 0 Å². The number of piperidine rings is 1. The molecule has 2 aliphatic heterocycles. The minimum atomic E-state index is -0.293. The van der Waals surface area contributed by atoms with Gasteiger partial charge in [0.05, 0.1) is 6.04 Å². The summed E-state index contributed by atoms with van der Waals surface area (Å²) in [5.74, 6) is 2.05. The van der Waals surface area contributed by atoms with Crippen LogP contribution < -0.4 is 5.32 Å². The van der Waals surface area contributed by atoms with Crippen molar-refractivity contribution in [2.75, 3.05) is 26.2 Å². The highest BCUT2D eigenvalue weighted by Gasteiger charge is 2.38. The maximum atomic E-state index is 13.4. The number of carbonyl (C=O) groups excluding carboxylic acids is 2. The number of rotatable bonds is 9. The second kappa shape index (κ2) is 11.2. The quantitative estimate of drug-likeness (QED) is 0.650. The van der Waals surface area contributed by atoms with Gasteiger partial charge in [-0.05, 0) is 49.9 Å². The third-order valence-electron chi connectivity index (χ3n) is 6.34. The molecule has 0 saturated carbocycles. The summed E-state index contributed by atoms with van der Waals surface area (Å²) < 4.78 is 0. The molecule has 5 nitrogen and oxygen atoms in total. The molecule has 0 spiro atoms. The van der Waals surface area contributed by atoms with Gasteiger partial charge in [0, 0.05) is 26.2 Å². The van der Waals surface area contributed by atoms with Crippen LogP contribution in [0.25, 0.3) is 0 Å². The molecule has 0 aromatic rings. The van der Waals surface area contributed by atoms with Crippen LogP contribution in [0.4, 0.5) is 0 Å². The molecule has 2 amide bonds. The Morgan fingerprint density at radius 3 is 2.32 bits per heavy atom. The summed E-state index contributed by atoms with van der Waals surface area (Å²) in [6.07, 6.45) is 7.37. The first-order valence-electron chi connectivity index (χ1n) is 11.7. The molecule has 0 aliphatic carbocycles. The summed E-state index contributed by atoms with van der Waals surface area (Å²) in [5, 5.41) is 3.38. The predicted octanol–water partition coefficient (Wildman–Crippen LogP) is 3.68. The molecular weight excluding hydrogens is 350 g/mol. The molecule has 2 heterocycles. The first kappa shape index (κ1) is 23.2. The normalized spacial score (nSPS) is 23.0. The molecule has 2 saturated heterocycles. The lowest BCUT2D eigenvalue weighted by atomic mass is 9.91. The van der Waals surface area contributed by atoms with E-state index in [0.717, 1.165) is 57.7 Å². The van der Waals surface area contributed by atoms with Crippen molar-refractivity contribution >= 4 is 11.8 Å². The Morgan fingerprint density at radius 2 is 1.75 bits per heavy atom. The molecule has 162 valence electrons. The van der Waals surface area contributed by atoms with E-state index in [1.165, 1.54) is 12.8 Å². The van der Waals surface area contributed by atoms with Crippen molar-refractivity contribution in [3.8, 4) is 0 Å². The van der Waals surface area contributed by atoms with E-state index in [9.17, 15) is 9.59 Å². The second-order valence-electron chi connectivity index (χ2n) is 9.71. The van der Waals surface area contributed by atoms with E-state index in [1.54, 1.807) is 0 Å². The molecule has 0 bridgehead atoms. The van der Waals surface area contributed by atoms with Gasteiger partial charge in [0.2, 0.25) is 11.8 Å². The fraction of sp³-hybridized carbons (Fsp3) is 0.913. The minimum Gasteiger partial charge on any atom is -0.341 e. The van der Waals surface area contributed by atoms with Gasteiger partial charge in [-0.25, -0.2) is 0 Å². The molecule has 0 aromatic heterocycles. The first-order valence-corrected chi connectivity index (χ1v) is 11.7. The van der Waals surface area contributed by atoms with E-state index in [0.29, 0.717) is 18.4 Å². The van der Waals surface area contributed by atoms with E-state index in [2.05, 4.69) is 39.9 Å². The third kappa shape index (κ3) is 6.47. The van der Waals surface area contributed by atoms with Crippen LogP contribution in [-0.2, 0) is 9.59 Å². The van der Waals surface area contributed by atoms with Crippen LogP contribution in [0.1, 0.15) is 79.6 Å². The average molecular weight is 394 g/mol. The summed E-state index contributed by atoms with van der Waals surface area (Å²) in [6, 6.07) is -0.423. The van der Waals surface area contributed by atoms with Crippen LogP contribution in [0.2, 0.25) is 0 Å². The number of carbonyl (C=O) groups is 2. The number of likely N-dealkylation sites (tertiary alicyclic amines) is 1. The standard InChI is InChI=1S/C23H43N3O2/c1-6-7-19-10-13-25(14-11-19)23(28)21(16-18(4)5)26-15-12-24-20(22(26)27)9-8-17(2)3/h17-21,24H,6-16H2,1-5H3/t20-,21-/m0/s1. The lowest BCUT2D eigenvalue weighted by Gasteiger charge is -2.42. The Morgan fingerprint density at radius 1 is 1.07 bits per heavy atom. The van der Waals surface area contributed by atoms with Gasteiger partial charge in [0.1, 0.15) is 6.04 Å². The Bertz CT molecular complexity index is 498. The van der Waals surface area contributed by atoms with Crippen LogP contribution >= 0.6 is 0 Å². The van der Waals surface area contributed by atoms with E-state index >= 15 is 0 Å². The van der Waals surface area contributed by atoms with Crippen LogP contribution in [0.5, 0.6) is 0 Å². The SMILES string of the molecule is CCCC1CCN(C(=O)[C@H](CC(C)C)N2CCN[C@@H](CCC(C)C)C2=O)CC1. The largest absolute Gasteiger partial charge is 0.341 e. The van der Waals surface area contributed by atoms with Gasteiger partial charge in [-0.1, -0.05) is 47.5 Å². The molecule has 1 N–H and O–H groups in total. The molecule has 0 unspecified atom stereocenters. The average Bonchev–Trinajstić information content (AvgIpc) is 2.65. The van der Waals surface area contributed by atoms with Gasteiger partial charge in [-0.3, -0.25) is 9.59 Å². The van der Waals surface area contributed by atoms with E-state index in [-0.39, 0.29) is 23.9 Å². The number of hydrogen-bond donors (Lipinski definition) is 1. The monoisotopic (exact) mass is 393 g/mol. The van der Waals surface area contributed by atoms with Gasteiger partial charge in [0.25, 0.3) is 0 Å². The van der Waals surface area contributed by atoms with Gasteiger partial charge in [-0.15, -0.1) is 0 Å². The van der Waals surface area contributed by atoms with E-state index < -0.39 is 0 Å². The highest BCUT2D eigenvalue weighted by Crippen LogP contribution is 2.25. The molecule has 0 aromatic carbocycles. The molecule has 2 fully saturated rings. The second-order valence-corrected chi connectivity index (χ2v) is 9.71. The van der Waals surface area contributed by atoms with Crippen molar-refractivity contribution in [3.05, 3.63) is 0 Å². The maximum Gasteiger partial charge on any atom is 0.245 e. The minimum absolute atomic E-state index is 0.131. The fourth-order valence-corrected chi connectivity index (χ4v) is 4.66. The Labute approximate surface area is 172 Å². The highest BCUT2D eigenvalue weighted by atomic mass is 16.2. The van der Waals surface area contributed by atoms with Crippen LogP contribution in [0.15, 0.2) is 0 Å². The Kier molecular flexibility index (Phi) is 9.26. The number of piperazine rings is 1. The maximum absolute atomic E-state index is 13.4.